The first-order chi connectivity index (χ1) is 9.90. The fourth-order valence-electron chi connectivity index (χ4n) is 2.45. The first-order valence-electron chi connectivity index (χ1n) is 6.69. The van der Waals surface area contributed by atoms with Gasteiger partial charge in [-0.2, -0.15) is 5.10 Å². The molecular weight excluding hydrogens is 250 g/mol. The van der Waals surface area contributed by atoms with Crippen LogP contribution in [0.3, 0.4) is 0 Å². The van der Waals surface area contributed by atoms with Crippen molar-refractivity contribution in [2.24, 2.45) is 5.10 Å². The molecule has 1 aliphatic rings. The van der Waals surface area contributed by atoms with Crippen LogP contribution < -0.4 is 10.3 Å². The van der Waals surface area contributed by atoms with E-state index in [4.69, 9.17) is 0 Å². The summed E-state index contributed by atoms with van der Waals surface area (Å²) in [6, 6.07) is 20.1. The summed E-state index contributed by atoms with van der Waals surface area (Å²) < 4.78 is 0. The summed E-state index contributed by atoms with van der Waals surface area (Å²) in [5.74, 6) is 0.733. The molecule has 4 heteroatoms. The molecule has 0 bridgehead atoms. The zero-order chi connectivity index (χ0) is 13.8. The lowest BCUT2D eigenvalue weighted by Crippen LogP contribution is -2.34. The first-order valence-corrected chi connectivity index (χ1v) is 6.69. The molecule has 102 valence electrons. The Hall–Kier alpha value is -2.33. The lowest BCUT2D eigenvalue weighted by atomic mass is 9.98. The third-order valence-electron chi connectivity index (χ3n) is 3.46. The minimum atomic E-state index is -0.119. The van der Waals surface area contributed by atoms with Crippen molar-refractivity contribution >= 4 is 11.5 Å². The Morgan fingerprint density at radius 3 is 2.35 bits per heavy atom. The number of rotatable bonds is 4. The Morgan fingerprint density at radius 2 is 1.70 bits per heavy atom. The number of aliphatic hydroxyl groups is 1. The van der Waals surface area contributed by atoms with Crippen LogP contribution in [0.5, 0.6) is 0 Å². The molecule has 0 aliphatic carbocycles. The SMILES string of the molecule is OCC(C1=NNCN1c1ccccc1)c1ccccc1. The molecule has 0 saturated heterocycles. The Balaban J connectivity index is 1.92. The van der Waals surface area contributed by atoms with Gasteiger partial charge < -0.3 is 10.0 Å². The van der Waals surface area contributed by atoms with Crippen LogP contribution in [0.25, 0.3) is 0 Å². The van der Waals surface area contributed by atoms with Crippen LogP contribution in [-0.4, -0.2) is 24.2 Å². The predicted molar refractivity (Wildman–Crippen MR) is 80.6 cm³/mol. The summed E-state index contributed by atoms with van der Waals surface area (Å²) >= 11 is 0. The van der Waals surface area contributed by atoms with Gasteiger partial charge in [-0.15, -0.1) is 0 Å². The maximum absolute atomic E-state index is 9.77. The van der Waals surface area contributed by atoms with E-state index < -0.39 is 0 Å². The smallest absolute Gasteiger partial charge is 0.140 e. The van der Waals surface area contributed by atoms with Gasteiger partial charge in [0.05, 0.1) is 12.5 Å². The molecule has 3 rings (SSSR count). The fourth-order valence-corrected chi connectivity index (χ4v) is 2.45. The number of nitrogens with one attached hydrogen (secondary N) is 1. The van der Waals surface area contributed by atoms with Gasteiger partial charge in [-0.25, -0.2) is 0 Å². The highest BCUT2D eigenvalue weighted by atomic mass is 16.3. The summed E-state index contributed by atoms with van der Waals surface area (Å²) in [5.41, 5.74) is 5.15. The average molecular weight is 267 g/mol. The highest BCUT2D eigenvalue weighted by Crippen LogP contribution is 2.25. The topological polar surface area (TPSA) is 47.9 Å². The van der Waals surface area contributed by atoms with Crippen LogP contribution in [0.4, 0.5) is 5.69 Å². The lowest BCUT2D eigenvalue weighted by molar-refractivity contribution is 0.289. The normalized spacial score (nSPS) is 15.7. The van der Waals surface area contributed by atoms with Crippen molar-refractivity contribution < 1.29 is 5.11 Å². The molecule has 0 radical (unpaired) electrons. The Kier molecular flexibility index (Phi) is 3.65. The van der Waals surface area contributed by atoms with Crippen molar-refractivity contribution in [2.45, 2.75) is 5.92 Å². The second-order valence-electron chi connectivity index (χ2n) is 4.70. The quantitative estimate of drug-likeness (QED) is 0.892. The summed E-state index contributed by atoms with van der Waals surface area (Å²) in [7, 11) is 0. The van der Waals surface area contributed by atoms with Crippen molar-refractivity contribution in [3.63, 3.8) is 0 Å². The molecular formula is C16H17N3O. The zero-order valence-electron chi connectivity index (χ0n) is 11.1. The van der Waals surface area contributed by atoms with Gasteiger partial charge in [-0.05, 0) is 17.7 Å². The summed E-state index contributed by atoms with van der Waals surface area (Å²) in [4.78, 5) is 2.09. The van der Waals surface area contributed by atoms with E-state index >= 15 is 0 Å². The number of anilines is 1. The number of amidine groups is 1. The Labute approximate surface area is 118 Å². The minimum Gasteiger partial charge on any atom is -0.395 e. The highest BCUT2D eigenvalue weighted by Gasteiger charge is 2.27. The van der Waals surface area contributed by atoms with Crippen molar-refractivity contribution in [3.05, 3.63) is 66.2 Å². The van der Waals surface area contributed by atoms with Gasteiger partial charge in [0.2, 0.25) is 0 Å². The van der Waals surface area contributed by atoms with Gasteiger partial charge in [-0.3, -0.25) is 5.43 Å². The maximum atomic E-state index is 9.77. The third-order valence-corrected chi connectivity index (χ3v) is 3.46. The summed E-state index contributed by atoms with van der Waals surface area (Å²) in [6.45, 7) is 0.663. The molecule has 1 atom stereocenters. The largest absolute Gasteiger partial charge is 0.395 e. The molecule has 0 aromatic heterocycles. The van der Waals surface area contributed by atoms with Gasteiger partial charge in [0.25, 0.3) is 0 Å². The van der Waals surface area contributed by atoms with Crippen LogP contribution in [0, 0.1) is 0 Å². The highest BCUT2D eigenvalue weighted by molar-refractivity contribution is 6.03. The molecule has 0 amide bonds. The van der Waals surface area contributed by atoms with E-state index in [0.29, 0.717) is 6.67 Å². The van der Waals surface area contributed by atoms with E-state index in [1.54, 1.807) is 0 Å². The van der Waals surface area contributed by atoms with Gasteiger partial charge in [-0.1, -0.05) is 48.5 Å². The molecule has 2 aromatic rings. The van der Waals surface area contributed by atoms with Crippen LogP contribution in [0.1, 0.15) is 11.5 Å². The monoisotopic (exact) mass is 267 g/mol. The van der Waals surface area contributed by atoms with Gasteiger partial charge in [0.15, 0.2) is 0 Å². The number of nitrogens with zero attached hydrogens (tertiary/aromatic N) is 2. The van der Waals surface area contributed by atoms with Crippen LogP contribution in [0.2, 0.25) is 0 Å². The molecule has 2 aromatic carbocycles. The molecule has 1 heterocycles. The molecule has 1 unspecified atom stereocenters. The second-order valence-corrected chi connectivity index (χ2v) is 4.70. The standard InChI is InChI=1S/C16H17N3O/c20-11-15(13-7-3-1-4-8-13)16-18-17-12-19(16)14-9-5-2-6-10-14/h1-10,15,17,20H,11-12H2. The molecule has 2 N–H and O–H groups in total. The molecule has 0 spiro atoms. The van der Waals surface area contributed by atoms with Crippen LogP contribution in [-0.2, 0) is 0 Å². The van der Waals surface area contributed by atoms with Crippen molar-refractivity contribution in [2.75, 3.05) is 18.2 Å². The average Bonchev–Trinajstić information content (AvgIpc) is 2.99. The van der Waals surface area contributed by atoms with Gasteiger partial charge in [0.1, 0.15) is 12.5 Å². The molecule has 20 heavy (non-hydrogen) atoms. The van der Waals surface area contributed by atoms with E-state index in [0.717, 1.165) is 17.1 Å². The lowest BCUT2D eigenvalue weighted by Gasteiger charge is -2.24. The Morgan fingerprint density at radius 1 is 1.05 bits per heavy atom. The third kappa shape index (κ3) is 2.38. The van der Waals surface area contributed by atoms with Crippen molar-refractivity contribution in [1.82, 2.24) is 5.43 Å². The first kappa shape index (κ1) is 12.7. The minimum absolute atomic E-state index is 0.0356. The van der Waals surface area contributed by atoms with E-state index in [2.05, 4.69) is 15.4 Å². The van der Waals surface area contributed by atoms with E-state index in [-0.39, 0.29) is 12.5 Å². The van der Waals surface area contributed by atoms with Crippen molar-refractivity contribution in [1.29, 1.82) is 0 Å². The van der Waals surface area contributed by atoms with E-state index in [9.17, 15) is 5.11 Å². The molecule has 1 aliphatic heterocycles. The Bertz CT molecular complexity index is 583. The van der Waals surface area contributed by atoms with Crippen LogP contribution >= 0.6 is 0 Å². The van der Waals surface area contributed by atoms with E-state index in [1.165, 1.54) is 0 Å². The number of hydrazone groups is 1. The summed E-state index contributed by atoms with van der Waals surface area (Å²) in [5, 5.41) is 14.1. The maximum Gasteiger partial charge on any atom is 0.140 e. The van der Waals surface area contributed by atoms with Crippen LogP contribution in [0.15, 0.2) is 65.8 Å². The number of aliphatic hydroxyl groups excluding tert-OH is 1. The fraction of sp³-hybridized carbons (Fsp3) is 0.188. The van der Waals surface area contributed by atoms with E-state index in [1.807, 2.05) is 60.7 Å². The van der Waals surface area contributed by atoms with Crippen molar-refractivity contribution in [3.8, 4) is 0 Å². The van der Waals surface area contributed by atoms with Gasteiger partial charge >= 0.3 is 0 Å². The number of benzene rings is 2. The summed E-state index contributed by atoms with van der Waals surface area (Å²) in [6.07, 6.45) is 0. The number of para-hydroxylation sites is 1. The molecule has 0 saturated carbocycles. The number of hydrogen-bond acceptors (Lipinski definition) is 4. The zero-order valence-corrected chi connectivity index (χ0v) is 11.1. The predicted octanol–water partition coefficient (Wildman–Crippen LogP) is 2.14. The molecule has 0 fully saturated rings. The van der Waals surface area contributed by atoms with Gasteiger partial charge in [0, 0.05) is 5.69 Å². The second kappa shape index (κ2) is 5.75. The number of hydrogen-bond donors (Lipinski definition) is 2. The molecule has 4 nitrogen and oxygen atoms in total.